The number of piperazine rings is 1. The zero-order valence-corrected chi connectivity index (χ0v) is 13.7. The van der Waals surface area contributed by atoms with E-state index >= 15 is 0 Å². The monoisotopic (exact) mass is 330 g/mol. The predicted octanol–water partition coefficient (Wildman–Crippen LogP) is -0.608. The highest BCUT2D eigenvalue weighted by Crippen LogP contribution is 2.17. The molecule has 7 nitrogen and oxygen atoms in total. The van der Waals surface area contributed by atoms with Crippen molar-refractivity contribution in [2.45, 2.75) is 6.17 Å². The summed E-state index contributed by atoms with van der Waals surface area (Å²) in [6, 6.07) is 5.77. The molecule has 3 rings (SSSR count). The predicted molar refractivity (Wildman–Crippen MR) is 91.9 cm³/mol. The van der Waals surface area contributed by atoms with E-state index in [0.29, 0.717) is 0 Å². The van der Waals surface area contributed by atoms with Gasteiger partial charge in [-0.15, -0.1) is 0 Å². The van der Waals surface area contributed by atoms with Gasteiger partial charge in [-0.2, -0.15) is 0 Å². The van der Waals surface area contributed by atoms with Gasteiger partial charge in [0.15, 0.2) is 0 Å². The van der Waals surface area contributed by atoms with Crippen LogP contribution in [0.15, 0.2) is 23.0 Å². The molecule has 1 aliphatic heterocycles. The number of imidazole rings is 1. The van der Waals surface area contributed by atoms with Crippen LogP contribution in [0.4, 0.5) is 0 Å². The highest BCUT2D eigenvalue weighted by atomic mass is 16.5. The molecule has 128 valence electrons. The molecule has 0 spiro atoms. The van der Waals surface area contributed by atoms with E-state index in [1.54, 1.807) is 16.2 Å². The minimum Gasteiger partial charge on any atom is -0.394 e. The number of aryl methyl sites for hydroxylation is 1. The van der Waals surface area contributed by atoms with E-state index in [1.807, 2.05) is 18.2 Å². The number of nitrogens with one attached hydrogen (secondary N) is 2. The minimum absolute atomic E-state index is 0.00662. The molecule has 1 aromatic carbocycles. The van der Waals surface area contributed by atoms with Crippen LogP contribution < -0.4 is 16.3 Å². The van der Waals surface area contributed by atoms with Crippen LogP contribution in [0, 0.1) is 11.8 Å². The van der Waals surface area contributed by atoms with Crippen LogP contribution in [0.2, 0.25) is 0 Å². The van der Waals surface area contributed by atoms with Crippen molar-refractivity contribution in [1.29, 1.82) is 0 Å². The molecule has 1 aromatic heterocycles. The smallest absolute Gasteiger partial charge is 0.330 e. The quantitative estimate of drug-likeness (QED) is 0.515. The average molecular weight is 330 g/mol. The molecule has 2 aromatic rings. The summed E-state index contributed by atoms with van der Waals surface area (Å²) >= 11 is 0. The van der Waals surface area contributed by atoms with Crippen LogP contribution in [-0.2, 0) is 11.8 Å². The van der Waals surface area contributed by atoms with E-state index < -0.39 is 0 Å². The maximum Gasteiger partial charge on any atom is 0.330 e. The van der Waals surface area contributed by atoms with Gasteiger partial charge in [0.2, 0.25) is 0 Å². The van der Waals surface area contributed by atoms with E-state index in [-0.39, 0.29) is 31.7 Å². The van der Waals surface area contributed by atoms with Crippen molar-refractivity contribution in [1.82, 2.24) is 19.8 Å². The first-order chi connectivity index (χ1) is 11.7. The molecule has 2 heterocycles. The highest BCUT2D eigenvalue weighted by Gasteiger charge is 2.20. The molecule has 1 unspecified atom stereocenters. The van der Waals surface area contributed by atoms with Gasteiger partial charge in [0, 0.05) is 32.2 Å². The van der Waals surface area contributed by atoms with Gasteiger partial charge in [0.05, 0.1) is 24.2 Å². The van der Waals surface area contributed by atoms with Gasteiger partial charge in [-0.05, 0) is 18.2 Å². The van der Waals surface area contributed by atoms with Gasteiger partial charge < -0.3 is 15.2 Å². The number of hydrogen-bond acceptors (Lipinski definition) is 5. The Kier molecular flexibility index (Phi) is 5.33. The van der Waals surface area contributed by atoms with Gasteiger partial charge in [0.25, 0.3) is 0 Å². The third-order valence-electron chi connectivity index (χ3n) is 4.06. The lowest BCUT2D eigenvalue weighted by Gasteiger charge is -2.25. The first kappa shape index (κ1) is 16.7. The molecular formula is C17H22N4O3. The number of aliphatic hydroxyl groups excluding tert-OH is 1. The molecule has 1 atom stereocenters. The van der Waals surface area contributed by atoms with Gasteiger partial charge in [-0.25, -0.2) is 4.79 Å². The maximum atomic E-state index is 12.6. The summed E-state index contributed by atoms with van der Waals surface area (Å²) in [4.78, 5) is 12.6. The van der Waals surface area contributed by atoms with Crippen molar-refractivity contribution in [3.8, 4) is 11.8 Å². The molecule has 24 heavy (non-hydrogen) atoms. The van der Waals surface area contributed by atoms with E-state index in [0.717, 1.165) is 36.2 Å². The summed E-state index contributed by atoms with van der Waals surface area (Å²) in [5, 5.41) is 15.3. The standard InChI is InChI=1S/C17H22N4O3/c1-20-15-11-13(3-2-9-24-10-8-22)4-5-14(15)21(17(20)23)16-12-18-6-7-19-16/h4-5,11,16,18-19,22H,6-10,12H2,1H3. The van der Waals surface area contributed by atoms with E-state index in [1.165, 1.54) is 0 Å². The fourth-order valence-corrected chi connectivity index (χ4v) is 2.89. The molecule has 1 fully saturated rings. The van der Waals surface area contributed by atoms with Crippen LogP contribution in [0.5, 0.6) is 0 Å². The maximum absolute atomic E-state index is 12.6. The zero-order valence-electron chi connectivity index (χ0n) is 13.7. The minimum atomic E-state index is -0.0428. The Bertz CT molecular complexity index is 822. The number of hydrogen-bond donors (Lipinski definition) is 3. The largest absolute Gasteiger partial charge is 0.394 e. The number of benzene rings is 1. The van der Waals surface area contributed by atoms with Gasteiger partial charge in [-0.1, -0.05) is 11.8 Å². The molecule has 3 N–H and O–H groups in total. The number of ether oxygens (including phenoxy) is 1. The van der Waals surface area contributed by atoms with Crippen molar-refractivity contribution in [3.05, 3.63) is 34.2 Å². The zero-order chi connectivity index (χ0) is 16.9. The number of rotatable bonds is 4. The lowest BCUT2D eigenvalue weighted by Crippen LogP contribution is -2.48. The summed E-state index contributed by atoms with van der Waals surface area (Å²) in [6.07, 6.45) is -0.0428. The number of aromatic nitrogens is 2. The summed E-state index contributed by atoms with van der Waals surface area (Å²) in [5.41, 5.74) is 2.54. The van der Waals surface area contributed by atoms with Crippen LogP contribution in [-0.4, -0.2) is 53.7 Å². The molecule has 7 heteroatoms. The van der Waals surface area contributed by atoms with Crippen LogP contribution in [0.3, 0.4) is 0 Å². The van der Waals surface area contributed by atoms with E-state index in [2.05, 4.69) is 22.5 Å². The molecular weight excluding hydrogens is 308 g/mol. The number of aliphatic hydroxyl groups is 1. The first-order valence-electron chi connectivity index (χ1n) is 8.05. The fraction of sp³-hybridized carbons (Fsp3) is 0.471. The molecule has 1 aliphatic rings. The summed E-state index contributed by atoms with van der Waals surface area (Å²) in [7, 11) is 1.78. The van der Waals surface area contributed by atoms with Crippen LogP contribution in [0.1, 0.15) is 11.7 Å². The Hall–Kier alpha value is -2.11. The Labute approximate surface area is 140 Å². The second-order valence-electron chi connectivity index (χ2n) is 5.67. The molecule has 1 saturated heterocycles. The topological polar surface area (TPSA) is 80.5 Å². The Morgan fingerprint density at radius 3 is 3.00 bits per heavy atom. The van der Waals surface area contributed by atoms with Gasteiger partial charge >= 0.3 is 5.69 Å². The number of fused-ring (bicyclic) bond motifs is 1. The second kappa shape index (κ2) is 7.64. The molecule has 0 bridgehead atoms. The van der Waals surface area contributed by atoms with Crippen molar-refractivity contribution in [3.63, 3.8) is 0 Å². The normalized spacial score (nSPS) is 17.7. The van der Waals surface area contributed by atoms with Crippen molar-refractivity contribution < 1.29 is 9.84 Å². The van der Waals surface area contributed by atoms with Gasteiger partial charge in [0.1, 0.15) is 12.8 Å². The SMILES string of the molecule is Cn1c(=O)n(C2CNCCN2)c2ccc(C#CCOCCO)cc21. The highest BCUT2D eigenvalue weighted by molar-refractivity contribution is 5.78. The Morgan fingerprint density at radius 2 is 2.25 bits per heavy atom. The summed E-state index contributed by atoms with van der Waals surface area (Å²) in [5.74, 6) is 5.93. The summed E-state index contributed by atoms with van der Waals surface area (Å²) in [6.45, 7) is 3.03. The third-order valence-corrected chi connectivity index (χ3v) is 4.06. The third kappa shape index (κ3) is 3.37. The Morgan fingerprint density at radius 1 is 1.38 bits per heavy atom. The van der Waals surface area contributed by atoms with E-state index in [4.69, 9.17) is 9.84 Å². The van der Waals surface area contributed by atoms with Gasteiger partial charge in [-0.3, -0.25) is 14.5 Å². The lowest BCUT2D eigenvalue weighted by molar-refractivity contribution is 0.115. The van der Waals surface area contributed by atoms with Crippen LogP contribution >= 0.6 is 0 Å². The molecule has 0 aliphatic carbocycles. The molecule has 0 amide bonds. The van der Waals surface area contributed by atoms with Crippen LogP contribution in [0.25, 0.3) is 11.0 Å². The Balaban J connectivity index is 1.90. The summed E-state index contributed by atoms with van der Waals surface area (Å²) < 4.78 is 8.57. The van der Waals surface area contributed by atoms with Crippen molar-refractivity contribution >= 4 is 11.0 Å². The van der Waals surface area contributed by atoms with Crippen molar-refractivity contribution in [2.75, 3.05) is 39.5 Å². The number of nitrogens with zero attached hydrogens (tertiary/aromatic N) is 2. The molecule has 0 saturated carbocycles. The molecule has 0 radical (unpaired) electrons. The second-order valence-corrected chi connectivity index (χ2v) is 5.67. The van der Waals surface area contributed by atoms with E-state index in [9.17, 15) is 4.79 Å². The fourth-order valence-electron chi connectivity index (χ4n) is 2.89. The lowest BCUT2D eigenvalue weighted by atomic mass is 10.2. The average Bonchev–Trinajstić information content (AvgIpc) is 2.86. The van der Waals surface area contributed by atoms with Crippen molar-refractivity contribution in [2.24, 2.45) is 7.05 Å². The first-order valence-corrected chi connectivity index (χ1v) is 8.05.